The van der Waals surface area contributed by atoms with Crippen molar-refractivity contribution >= 4 is 38.7 Å². The zero-order valence-corrected chi connectivity index (χ0v) is 19.8. The van der Waals surface area contributed by atoms with E-state index in [4.69, 9.17) is 0 Å². The highest BCUT2D eigenvalue weighted by Crippen LogP contribution is 2.29. The minimum absolute atomic E-state index is 0.0377. The van der Waals surface area contributed by atoms with Crippen LogP contribution in [0.2, 0.25) is 0 Å². The zero-order valence-electron chi connectivity index (χ0n) is 18.2. The van der Waals surface area contributed by atoms with Gasteiger partial charge in [-0.3, -0.25) is 4.79 Å². The highest BCUT2D eigenvalue weighted by Gasteiger charge is 2.36. The molecule has 0 radical (unpaired) electrons. The fraction of sp³-hybridized carbons (Fsp3) is 0.435. The molecule has 2 aromatic carbocycles. The predicted octanol–water partition coefficient (Wildman–Crippen LogP) is 3.92. The van der Waals surface area contributed by atoms with Crippen LogP contribution >= 0.6 is 11.7 Å². The van der Waals surface area contributed by atoms with Crippen LogP contribution < -0.4 is 0 Å². The summed E-state index contributed by atoms with van der Waals surface area (Å²) in [6.07, 6.45) is 3.28. The number of piperidine rings is 1. The van der Waals surface area contributed by atoms with Gasteiger partial charge < -0.3 is 4.90 Å². The maximum Gasteiger partial charge on any atom is 0.245 e. The van der Waals surface area contributed by atoms with Crippen molar-refractivity contribution < 1.29 is 13.2 Å². The van der Waals surface area contributed by atoms with E-state index in [9.17, 15) is 13.2 Å². The van der Waals surface area contributed by atoms with E-state index < -0.39 is 10.0 Å². The van der Waals surface area contributed by atoms with E-state index in [1.54, 1.807) is 18.2 Å². The molecular weight excluding hydrogens is 444 g/mol. The van der Waals surface area contributed by atoms with Gasteiger partial charge in [0.05, 0.1) is 17.6 Å². The van der Waals surface area contributed by atoms with Crippen molar-refractivity contribution in [2.45, 2.75) is 44.0 Å². The number of rotatable bonds is 8. The third kappa shape index (κ3) is 4.84. The smallest absolute Gasteiger partial charge is 0.245 e. The van der Waals surface area contributed by atoms with Crippen LogP contribution in [0, 0.1) is 5.92 Å². The molecule has 9 heteroatoms. The lowest BCUT2D eigenvalue weighted by atomic mass is 9.97. The Morgan fingerprint density at radius 3 is 2.75 bits per heavy atom. The number of carbonyl (C=O) groups is 1. The molecule has 2 heterocycles. The Balaban J connectivity index is 1.54. The Bertz CT molecular complexity index is 1160. The first-order chi connectivity index (χ1) is 15.5. The van der Waals surface area contributed by atoms with Crippen molar-refractivity contribution in [1.29, 1.82) is 0 Å². The fourth-order valence-corrected chi connectivity index (χ4v) is 6.45. The first-order valence-electron chi connectivity index (χ1n) is 11.0. The molecule has 1 saturated heterocycles. The van der Waals surface area contributed by atoms with Crippen LogP contribution in [-0.4, -0.2) is 51.9 Å². The van der Waals surface area contributed by atoms with Gasteiger partial charge in [0.1, 0.15) is 15.9 Å². The van der Waals surface area contributed by atoms with Crippen LogP contribution in [0.5, 0.6) is 0 Å². The molecule has 1 aliphatic heterocycles. The lowest BCUT2D eigenvalue weighted by Gasteiger charge is -2.34. The van der Waals surface area contributed by atoms with Gasteiger partial charge in [-0.25, -0.2) is 8.42 Å². The number of nitrogens with zero attached hydrogens (tertiary/aromatic N) is 4. The molecule has 32 heavy (non-hydrogen) atoms. The number of hydrogen-bond acceptors (Lipinski definition) is 6. The molecule has 3 aromatic rings. The van der Waals surface area contributed by atoms with Gasteiger partial charge in [0.25, 0.3) is 0 Å². The summed E-state index contributed by atoms with van der Waals surface area (Å²) in [5, 5.41) is 0. The van der Waals surface area contributed by atoms with Crippen LogP contribution in [0.1, 0.15) is 38.2 Å². The molecule has 1 fully saturated rings. The molecule has 4 rings (SSSR count). The summed E-state index contributed by atoms with van der Waals surface area (Å²) in [4.78, 5) is 15.5. The van der Waals surface area contributed by atoms with Gasteiger partial charge in [-0.05, 0) is 37.0 Å². The van der Waals surface area contributed by atoms with Gasteiger partial charge in [0.2, 0.25) is 15.9 Å². The van der Waals surface area contributed by atoms with Gasteiger partial charge in [-0.2, -0.15) is 13.1 Å². The molecule has 1 aliphatic rings. The van der Waals surface area contributed by atoms with Crippen molar-refractivity contribution in [3.63, 3.8) is 0 Å². The quantitative estimate of drug-likeness (QED) is 0.496. The zero-order chi connectivity index (χ0) is 22.6. The molecule has 1 aromatic heterocycles. The van der Waals surface area contributed by atoms with E-state index in [0.717, 1.165) is 30.1 Å². The Morgan fingerprint density at radius 1 is 1.16 bits per heavy atom. The van der Waals surface area contributed by atoms with Gasteiger partial charge in [-0.15, -0.1) is 0 Å². The van der Waals surface area contributed by atoms with Crippen LogP contribution in [0.25, 0.3) is 11.0 Å². The van der Waals surface area contributed by atoms with E-state index in [1.807, 2.05) is 35.2 Å². The van der Waals surface area contributed by atoms with Crippen molar-refractivity contribution in [3.8, 4) is 0 Å². The molecule has 0 bridgehead atoms. The minimum Gasteiger partial charge on any atom is -0.338 e. The average molecular weight is 473 g/mol. The number of aromatic nitrogens is 2. The van der Waals surface area contributed by atoms with E-state index in [0.29, 0.717) is 43.5 Å². The van der Waals surface area contributed by atoms with Gasteiger partial charge in [0, 0.05) is 26.2 Å². The molecular formula is C23H28N4O3S2. The number of benzene rings is 2. The molecule has 170 valence electrons. The normalized spacial score (nSPS) is 17.5. The highest BCUT2D eigenvalue weighted by molar-refractivity contribution is 7.89. The molecule has 0 spiro atoms. The largest absolute Gasteiger partial charge is 0.338 e. The Hall–Kier alpha value is -2.36. The van der Waals surface area contributed by atoms with Crippen LogP contribution in [0.15, 0.2) is 53.4 Å². The van der Waals surface area contributed by atoms with E-state index >= 15 is 0 Å². The highest BCUT2D eigenvalue weighted by atomic mass is 32.2. The molecule has 0 N–H and O–H groups in total. The maximum absolute atomic E-state index is 13.5. The standard InChI is InChI=1S/C23H28N4O3S2/c1-2-3-14-26(16-18-9-5-4-6-10-18)23(28)19-11-8-15-27(17-19)32(29,30)21-13-7-12-20-22(21)25-31-24-20/h4-7,9-10,12-13,19H,2-3,8,11,14-17H2,1H3. The molecule has 1 unspecified atom stereocenters. The average Bonchev–Trinajstić information content (AvgIpc) is 3.31. The number of hydrogen-bond donors (Lipinski definition) is 0. The second kappa shape index (κ2) is 10.1. The third-order valence-electron chi connectivity index (χ3n) is 5.91. The molecule has 0 saturated carbocycles. The van der Waals surface area contributed by atoms with Crippen LogP contribution in [0.4, 0.5) is 0 Å². The van der Waals surface area contributed by atoms with Gasteiger partial charge in [-0.1, -0.05) is 49.7 Å². The van der Waals surface area contributed by atoms with E-state index in [1.165, 1.54) is 4.31 Å². The van der Waals surface area contributed by atoms with Crippen LogP contribution in [0.3, 0.4) is 0 Å². The fourth-order valence-electron chi connectivity index (χ4n) is 4.17. The molecule has 1 amide bonds. The van der Waals surface area contributed by atoms with Crippen molar-refractivity contribution in [3.05, 3.63) is 54.1 Å². The summed E-state index contributed by atoms with van der Waals surface area (Å²) in [5.74, 6) is -0.303. The summed E-state index contributed by atoms with van der Waals surface area (Å²) in [6.45, 7) is 3.94. The number of unbranched alkanes of at least 4 members (excludes halogenated alkanes) is 1. The van der Waals surface area contributed by atoms with Crippen LogP contribution in [-0.2, 0) is 21.4 Å². The number of amides is 1. The number of fused-ring (bicyclic) bond motifs is 1. The summed E-state index contributed by atoms with van der Waals surface area (Å²) in [7, 11) is -3.76. The summed E-state index contributed by atoms with van der Waals surface area (Å²) in [5.41, 5.74) is 2.06. The summed E-state index contributed by atoms with van der Waals surface area (Å²) < 4.78 is 36.7. The lowest BCUT2D eigenvalue weighted by Crippen LogP contribution is -2.46. The number of sulfonamides is 1. The summed E-state index contributed by atoms with van der Waals surface area (Å²) in [6, 6.07) is 15.0. The Kier molecular flexibility index (Phi) is 7.17. The van der Waals surface area contributed by atoms with Crippen molar-refractivity contribution in [1.82, 2.24) is 18.0 Å². The van der Waals surface area contributed by atoms with E-state index in [-0.39, 0.29) is 23.3 Å². The molecule has 1 atom stereocenters. The Labute approximate surface area is 193 Å². The first kappa shape index (κ1) is 22.8. The monoisotopic (exact) mass is 472 g/mol. The first-order valence-corrected chi connectivity index (χ1v) is 13.2. The third-order valence-corrected chi connectivity index (χ3v) is 8.35. The predicted molar refractivity (Wildman–Crippen MR) is 126 cm³/mol. The van der Waals surface area contributed by atoms with Gasteiger partial charge >= 0.3 is 0 Å². The Morgan fingerprint density at radius 2 is 1.97 bits per heavy atom. The van der Waals surface area contributed by atoms with Crippen molar-refractivity contribution in [2.24, 2.45) is 5.92 Å². The topological polar surface area (TPSA) is 83.5 Å². The number of carbonyl (C=O) groups excluding carboxylic acids is 1. The minimum atomic E-state index is -3.76. The lowest BCUT2D eigenvalue weighted by molar-refractivity contribution is -0.137. The molecule has 0 aliphatic carbocycles. The second-order valence-corrected chi connectivity index (χ2v) is 10.6. The van der Waals surface area contributed by atoms with E-state index in [2.05, 4.69) is 15.7 Å². The maximum atomic E-state index is 13.5. The molecule has 7 nitrogen and oxygen atoms in total. The summed E-state index contributed by atoms with van der Waals surface area (Å²) >= 11 is 1.00. The SMILES string of the molecule is CCCCN(Cc1ccccc1)C(=O)C1CCCN(S(=O)(=O)c2cccc3nsnc23)C1. The van der Waals surface area contributed by atoms with Crippen molar-refractivity contribution in [2.75, 3.05) is 19.6 Å². The second-order valence-electron chi connectivity index (χ2n) is 8.19. The van der Waals surface area contributed by atoms with Gasteiger partial charge in [0.15, 0.2) is 0 Å².